The summed E-state index contributed by atoms with van der Waals surface area (Å²) >= 11 is 0. The Balaban J connectivity index is 0.00000364. The van der Waals surface area contributed by atoms with Gasteiger partial charge in [-0.15, -0.1) is 24.0 Å². The number of amides is 1. The lowest BCUT2D eigenvalue weighted by Gasteiger charge is -2.31. The maximum absolute atomic E-state index is 11.7. The third kappa shape index (κ3) is 7.43. The molecule has 27 heavy (non-hydrogen) atoms. The molecule has 152 valence electrons. The molecule has 0 saturated carbocycles. The van der Waals surface area contributed by atoms with Crippen LogP contribution in [0.25, 0.3) is 0 Å². The number of hydrogen-bond acceptors (Lipinski definition) is 4. The first-order valence-corrected chi connectivity index (χ1v) is 9.15. The lowest BCUT2D eigenvalue weighted by atomic mass is 10.1. The van der Waals surface area contributed by atoms with Crippen LogP contribution in [-0.4, -0.2) is 56.3 Å². The van der Waals surface area contributed by atoms with E-state index in [4.69, 9.17) is 15.2 Å². The third-order valence-corrected chi connectivity index (χ3v) is 4.47. The van der Waals surface area contributed by atoms with Gasteiger partial charge in [-0.2, -0.15) is 0 Å². The number of likely N-dealkylation sites (tertiary alicyclic amines) is 1. The first-order chi connectivity index (χ1) is 12.5. The summed E-state index contributed by atoms with van der Waals surface area (Å²) in [5, 5.41) is 3.25. The highest BCUT2D eigenvalue weighted by molar-refractivity contribution is 14.0. The normalized spacial score (nSPS) is 15.1. The zero-order valence-electron chi connectivity index (χ0n) is 16.4. The van der Waals surface area contributed by atoms with Gasteiger partial charge in [0.25, 0.3) is 0 Å². The quantitative estimate of drug-likeness (QED) is 0.364. The molecule has 1 saturated heterocycles. The number of aryl methyl sites for hydroxylation is 1. The van der Waals surface area contributed by atoms with Gasteiger partial charge in [0, 0.05) is 25.7 Å². The van der Waals surface area contributed by atoms with Gasteiger partial charge in [0.05, 0.1) is 13.7 Å². The Hall–Kier alpha value is -1.71. The predicted molar refractivity (Wildman–Crippen MR) is 118 cm³/mol. The van der Waals surface area contributed by atoms with Crippen LogP contribution in [0.5, 0.6) is 5.75 Å². The minimum absolute atomic E-state index is 0. The second kappa shape index (κ2) is 11.9. The second-order valence-corrected chi connectivity index (χ2v) is 6.44. The summed E-state index contributed by atoms with van der Waals surface area (Å²) in [6.45, 7) is 6.22. The van der Waals surface area contributed by atoms with Gasteiger partial charge in [-0.1, -0.05) is 17.7 Å². The molecule has 3 N–H and O–H groups in total. The van der Waals surface area contributed by atoms with Gasteiger partial charge in [0.1, 0.15) is 5.75 Å². The van der Waals surface area contributed by atoms with Crippen molar-refractivity contribution in [2.45, 2.75) is 39.2 Å². The van der Waals surface area contributed by atoms with E-state index in [1.54, 1.807) is 12.0 Å². The van der Waals surface area contributed by atoms with Crippen molar-refractivity contribution >= 4 is 36.0 Å². The number of guanidine groups is 1. The highest BCUT2D eigenvalue weighted by atomic mass is 127. The fourth-order valence-electron chi connectivity index (χ4n) is 3.08. The summed E-state index contributed by atoms with van der Waals surface area (Å²) < 4.78 is 10.4. The fourth-order valence-corrected chi connectivity index (χ4v) is 3.08. The van der Waals surface area contributed by atoms with Gasteiger partial charge in [-0.05, 0) is 44.7 Å². The number of halogens is 1. The molecule has 8 heteroatoms. The molecular formula is C19H31IN4O3. The van der Waals surface area contributed by atoms with E-state index in [0.29, 0.717) is 32.2 Å². The molecule has 0 unspecified atom stereocenters. The number of piperidine rings is 1. The average molecular weight is 490 g/mol. The SMILES string of the molecule is CCOC(=O)N1CCC(NC(N)=NCCc2cc(C)ccc2OC)CC1.I. The lowest BCUT2D eigenvalue weighted by molar-refractivity contribution is 0.0963. The molecule has 1 aromatic carbocycles. The summed E-state index contributed by atoms with van der Waals surface area (Å²) in [7, 11) is 1.68. The molecule has 1 heterocycles. The van der Waals surface area contributed by atoms with Crippen LogP contribution in [0.2, 0.25) is 0 Å². The van der Waals surface area contributed by atoms with Crippen molar-refractivity contribution in [3.8, 4) is 5.75 Å². The Bertz CT molecular complexity index is 631. The molecule has 1 aliphatic rings. The van der Waals surface area contributed by atoms with Gasteiger partial charge < -0.3 is 25.4 Å². The average Bonchev–Trinajstić information content (AvgIpc) is 2.62. The Labute approximate surface area is 178 Å². The first-order valence-electron chi connectivity index (χ1n) is 9.15. The van der Waals surface area contributed by atoms with Gasteiger partial charge in [-0.3, -0.25) is 4.99 Å². The molecule has 0 aliphatic carbocycles. The summed E-state index contributed by atoms with van der Waals surface area (Å²) in [6, 6.07) is 6.36. The van der Waals surface area contributed by atoms with E-state index in [0.717, 1.165) is 30.6 Å². The lowest BCUT2D eigenvalue weighted by Crippen LogP contribution is -2.48. The minimum atomic E-state index is -0.236. The number of ether oxygens (including phenoxy) is 2. The van der Waals surface area contributed by atoms with Crippen molar-refractivity contribution in [3.63, 3.8) is 0 Å². The van der Waals surface area contributed by atoms with E-state index >= 15 is 0 Å². The summed E-state index contributed by atoms with van der Waals surface area (Å²) in [5.41, 5.74) is 8.34. The molecule has 0 bridgehead atoms. The molecule has 1 amide bonds. The number of aliphatic imine (C=N–C) groups is 1. The van der Waals surface area contributed by atoms with Gasteiger partial charge in [-0.25, -0.2) is 4.79 Å². The van der Waals surface area contributed by atoms with Crippen LogP contribution >= 0.6 is 24.0 Å². The van der Waals surface area contributed by atoms with E-state index < -0.39 is 0 Å². The number of nitrogens with two attached hydrogens (primary N) is 1. The van der Waals surface area contributed by atoms with Crippen molar-refractivity contribution in [2.24, 2.45) is 10.7 Å². The molecule has 7 nitrogen and oxygen atoms in total. The summed E-state index contributed by atoms with van der Waals surface area (Å²) in [5.74, 6) is 1.33. The van der Waals surface area contributed by atoms with Crippen molar-refractivity contribution in [2.75, 3.05) is 33.4 Å². The second-order valence-electron chi connectivity index (χ2n) is 6.44. The van der Waals surface area contributed by atoms with Gasteiger partial charge in [0.2, 0.25) is 0 Å². The van der Waals surface area contributed by atoms with Gasteiger partial charge >= 0.3 is 6.09 Å². The van der Waals surface area contributed by atoms with E-state index in [1.165, 1.54) is 5.56 Å². The molecule has 1 aromatic rings. The fraction of sp³-hybridized carbons (Fsp3) is 0.579. The molecule has 0 spiro atoms. The summed E-state index contributed by atoms with van der Waals surface area (Å²) in [4.78, 5) is 17.9. The zero-order chi connectivity index (χ0) is 18.9. The number of benzene rings is 1. The number of carbonyl (C=O) groups excluding carboxylic acids is 1. The number of nitrogens with one attached hydrogen (secondary N) is 1. The van der Waals surface area contributed by atoms with Gasteiger partial charge in [0.15, 0.2) is 5.96 Å². The van der Waals surface area contributed by atoms with E-state index in [-0.39, 0.29) is 36.1 Å². The standard InChI is InChI=1S/C19H30N4O3.HI/c1-4-26-19(24)23-11-8-16(9-12-23)22-18(20)21-10-7-15-13-14(2)5-6-17(15)25-3;/h5-6,13,16H,4,7-12H2,1-3H3,(H3,20,21,22);1H. The molecule has 0 aromatic heterocycles. The van der Waals surface area contributed by atoms with Crippen molar-refractivity contribution < 1.29 is 14.3 Å². The maximum Gasteiger partial charge on any atom is 0.409 e. The van der Waals surface area contributed by atoms with E-state index in [9.17, 15) is 4.79 Å². The Morgan fingerprint density at radius 2 is 2.07 bits per heavy atom. The number of methoxy groups -OCH3 is 1. The maximum atomic E-state index is 11.7. The van der Waals surface area contributed by atoms with Crippen molar-refractivity contribution in [3.05, 3.63) is 29.3 Å². The first kappa shape index (κ1) is 23.3. The van der Waals surface area contributed by atoms with Crippen LogP contribution in [0.4, 0.5) is 4.79 Å². The third-order valence-electron chi connectivity index (χ3n) is 4.47. The highest BCUT2D eigenvalue weighted by Gasteiger charge is 2.23. The number of hydrogen-bond donors (Lipinski definition) is 2. The topological polar surface area (TPSA) is 89.2 Å². The molecule has 1 aliphatic heterocycles. The molecule has 0 atom stereocenters. The molecule has 0 radical (unpaired) electrons. The number of nitrogens with zero attached hydrogens (tertiary/aromatic N) is 2. The summed E-state index contributed by atoms with van der Waals surface area (Å²) in [6.07, 6.45) is 2.20. The Morgan fingerprint density at radius 3 is 2.70 bits per heavy atom. The minimum Gasteiger partial charge on any atom is -0.496 e. The van der Waals surface area contributed by atoms with Crippen molar-refractivity contribution in [1.29, 1.82) is 0 Å². The van der Waals surface area contributed by atoms with Crippen LogP contribution in [0, 0.1) is 6.92 Å². The predicted octanol–water partition coefficient (Wildman–Crippen LogP) is 2.69. The largest absolute Gasteiger partial charge is 0.496 e. The van der Waals surface area contributed by atoms with Crippen LogP contribution in [0.3, 0.4) is 0 Å². The van der Waals surface area contributed by atoms with Crippen molar-refractivity contribution in [1.82, 2.24) is 10.2 Å². The Kier molecular flexibility index (Phi) is 10.3. The smallest absolute Gasteiger partial charge is 0.409 e. The van der Waals surface area contributed by atoms with E-state index in [1.807, 2.05) is 19.1 Å². The van der Waals surface area contributed by atoms with E-state index in [2.05, 4.69) is 23.3 Å². The highest BCUT2D eigenvalue weighted by Crippen LogP contribution is 2.20. The molecule has 2 rings (SSSR count). The number of carbonyl (C=O) groups is 1. The molecule has 1 fully saturated rings. The zero-order valence-corrected chi connectivity index (χ0v) is 18.7. The van der Waals surface area contributed by atoms with Crippen LogP contribution < -0.4 is 15.8 Å². The van der Waals surface area contributed by atoms with Crippen LogP contribution in [0.1, 0.15) is 30.9 Å². The van der Waals surface area contributed by atoms with Crippen LogP contribution in [0.15, 0.2) is 23.2 Å². The number of rotatable bonds is 6. The van der Waals surface area contributed by atoms with Crippen LogP contribution in [-0.2, 0) is 11.2 Å². The monoisotopic (exact) mass is 490 g/mol. The Morgan fingerprint density at radius 1 is 1.37 bits per heavy atom. The molecular weight excluding hydrogens is 459 g/mol.